The monoisotopic (exact) mass is 243 g/mol. The Balaban J connectivity index is 2.09. The molecule has 2 aliphatic heterocycles. The minimum Gasteiger partial charge on any atom is -0.443 e. The first-order chi connectivity index (χ1) is 7.38. The van der Waals surface area contributed by atoms with Crippen LogP contribution in [0.1, 0.15) is 27.2 Å². The lowest BCUT2D eigenvalue weighted by Crippen LogP contribution is -2.43. The van der Waals surface area contributed by atoms with Gasteiger partial charge in [-0.25, -0.2) is 9.69 Å². The van der Waals surface area contributed by atoms with Gasteiger partial charge in [0.25, 0.3) is 0 Å². The minimum atomic E-state index is -0.540. The third kappa shape index (κ3) is 2.19. The Morgan fingerprint density at radius 1 is 1.44 bits per heavy atom. The first-order valence-corrected chi connectivity index (χ1v) is 6.68. The molecular weight excluding hydrogens is 226 g/mol. The number of hydrogen-bond donors (Lipinski definition) is 0. The van der Waals surface area contributed by atoms with Crippen LogP contribution >= 0.6 is 11.8 Å². The number of ether oxygens (including phenoxy) is 1. The maximum Gasteiger partial charge on any atom is 0.417 e. The summed E-state index contributed by atoms with van der Waals surface area (Å²) >= 11 is 1.75. The summed E-state index contributed by atoms with van der Waals surface area (Å²) in [5.41, 5.74) is -0.540. The molecule has 2 bridgehead atoms. The van der Waals surface area contributed by atoms with E-state index in [1.165, 1.54) is 4.90 Å². The molecule has 0 N–H and O–H groups in total. The second-order valence-electron chi connectivity index (χ2n) is 5.31. The number of fused-ring (bicyclic) bond motifs is 2. The lowest BCUT2D eigenvalue weighted by Gasteiger charge is -2.26. The van der Waals surface area contributed by atoms with E-state index in [1.807, 2.05) is 20.8 Å². The average molecular weight is 243 g/mol. The Hall–Kier alpha value is -0.710. The highest BCUT2D eigenvalue weighted by molar-refractivity contribution is 7.99. The van der Waals surface area contributed by atoms with Crippen LogP contribution in [0, 0.1) is 5.92 Å². The molecule has 0 radical (unpaired) electrons. The van der Waals surface area contributed by atoms with E-state index in [9.17, 15) is 9.59 Å². The zero-order valence-corrected chi connectivity index (χ0v) is 10.7. The van der Waals surface area contributed by atoms with Gasteiger partial charge < -0.3 is 4.74 Å². The molecule has 0 unspecified atom stereocenters. The average Bonchev–Trinajstić information content (AvgIpc) is 2.35. The SMILES string of the molecule is CC(C)(C)OC(=O)N1C(=O)[C@@H]2CSC[C@H]1C2. The molecular formula is C11H17NO3S. The second-order valence-corrected chi connectivity index (χ2v) is 6.39. The maximum atomic E-state index is 11.9. The maximum absolute atomic E-state index is 11.9. The van der Waals surface area contributed by atoms with Gasteiger partial charge in [0.1, 0.15) is 5.60 Å². The Morgan fingerprint density at radius 2 is 2.12 bits per heavy atom. The molecule has 90 valence electrons. The third-order valence-electron chi connectivity index (χ3n) is 2.73. The topological polar surface area (TPSA) is 46.6 Å². The Labute approximate surface area is 99.7 Å². The molecule has 0 aromatic rings. The number of nitrogens with zero attached hydrogens (tertiary/aromatic N) is 1. The molecule has 0 aromatic carbocycles. The fourth-order valence-electron chi connectivity index (χ4n) is 2.09. The highest BCUT2D eigenvalue weighted by Gasteiger charge is 2.46. The van der Waals surface area contributed by atoms with Crippen LogP contribution in [0.5, 0.6) is 0 Å². The molecule has 0 aromatic heterocycles. The number of rotatable bonds is 0. The van der Waals surface area contributed by atoms with Crippen LogP contribution in [-0.4, -0.2) is 40.0 Å². The summed E-state index contributed by atoms with van der Waals surface area (Å²) in [6, 6.07) is 0.0473. The lowest BCUT2D eigenvalue weighted by molar-refractivity contribution is -0.130. The molecule has 2 fully saturated rings. The summed E-state index contributed by atoms with van der Waals surface area (Å²) in [7, 11) is 0. The van der Waals surface area contributed by atoms with Crippen molar-refractivity contribution in [3.05, 3.63) is 0 Å². The summed E-state index contributed by atoms with van der Waals surface area (Å²) < 4.78 is 5.26. The summed E-state index contributed by atoms with van der Waals surface area (Å²) in [6.07, 6.45) is 0.331. The predicted molar refractivity (Wildman–Crippen MR) is 62.3 cm³/mol. The number of carbonyl (C=O) groups is 2. The molecule has 4 nitrogen and oxygen atoms in total. The van der Waals surface area contributed by atoms with Gasteiger partial charge in [-0.2, -0.15) is 11.8 Å². The first-order valence-electron chi connectivity index (χ1n) is 5.52. The number of amides is 2. The lowest BCUT2D eigenvalue weighted by atomic mass is 10.1. The van der Waals surface area contributed by atoms with Crippen LogP contribution in [0.15, 0.2) is 0 Å². The van der Waals surface area contributed by atoms with Gasteiger partial charge in [0.05, 0.1) is 6.04 Å². The van der Waals surface area contributed by atoms with E-state index in [1.54, 1.807) is 11.8 Å². The van der Waals surface area contributed by atoms with Gasteiger partial charge in [0.15, 0.2) is 0 Å². The van der Waals surface area contributed by atoms with Gasteiger partial charge in [0.2, 0.25) is 5.91 Å². The van der Waals surface area contributed by atoms with Crippen molar-refractivity contribution in [2.45, 2.75) is 38.8 Å². The van der Waals surface area contributed by atoms with Gasteiger partial charge in [-0.1, -0.05) is 0 Å². The molecule has 16 heavy (non-hydrogen) atoms. The molecule has 2 heterocycles. The fraction of sp³-hybridized carbons (Fsp3) is 0.818. The summed E-state index contributed by atoms with van der Waals surface area (Å²) in [4.78, 5) is 25.1. The van der Waals surface area contributed by atoms with E-state index in [-0.39, 0.29) is 17.9 Å². The van der Waals surface area contributed by atoms with Gasteiger partial charge in [0, 0.05) is 17.4 Å². The van der Waals surface area contributed by atoms with E-state index < -0.39 is 11.7 Å². The van der Waals surface area contributed by atoms with Gasteiger partial charge in [-0.05, 0) is 27.2 Å². The molecule has 0 spiro atoms. The standard InChI is InChI=1S/C11H17NO3S/c1-11(2,3)15-10(14)12-8-4-7(9(12)13)5-16-6-8/h7-8H,4-6H2,1-3H3/t7-,8+/m0/s1. The van der Waals surface area contributed by atoms with Gasteiger partial charge >= 0.3 is 6.09 Å². The van der Waals surface area contributed by atoms with Crippen LogP contribution in [0.25, 0.3) is 0 Å². The van der Waals surface area contributed by atoms with Crippen molar-refractivity contribution in [2.75, 3.05) is 11.5 Å². The van der Waals surface area contributed by atoms with E-state index in [4.69, 9.17) is 4.74 Å². The Bertz CT molecular complexity index is 324. The molecule has 2 amide bonds. The quantitative estimate of drug-likeness (QED) is 0.652. The zero-order chi connectivity index (χ0) is 11.9. The zero-order valence-electron chi connectivity index (χ0n) is 9.86. The second kappa shape index (κ2) is 3.95. The van der Waals surface area contributed by atoms with Crippen molar-refractivity contribution >= 4 is 23.8 Å². The van der Waals surface area contributed by atoms with Crippen molar-refractivity contribution in [3.8, 4) is 0 Å². The van der Waals surface area contributed by atoms with Crippen molar-refractivity contribution in [3.63, 3.8) is 0 Å². The summed E-state index contributed by atoms with van der Waals surface area (Å²) in [5.74, 6) is 1.66. The number of likely N-dealkylation sites (tertiary alicyclic amines) is 1. The van der Waals surface area contributed by atoms with Crippen molar-refractivity contribution in [1.29, 1.82) is 0 Å². The van der Waals surface area contributed by atoms with Crippen LogP contribution < -0.4 is 0 Å². The van der Waals surface area contributed by atoms with E-state index in [2.05, 4.69) is 0 Å². The highest BCUT2D eigenvalue weighted by Crippen LogP contribution is 2.35. The fourth-order valence-corrected chi connectivity index (χ4v) is 3.35. The van der Waals surface area contributed by atoms with E-state index in [0.717, 1.165) is 17.9 Å². The molecule has 2 rings (SSSR count). The molecule has 2 atom stereocenters. The molecule has 0 aliphatic carbocycles. The first kappa shape index (κ1) is 11.8. The Morgan fingerprint density at radius 3 is 2.69 bits per heavy atom. The normalized spacial score (nSPS) is 29.4. The largest absolute Gasteiger partial charge is 0.443 e. The summed E-state index contributed by atoms with van der Waals surface area (Å²) in [6.45, 7) is 5.44. The van der Waals surface area contributed by atoms with Crippen molar-refractivity contribution < 1.29 is 14.3 Å². The van der Waals surface area contributed by atoms with Crippen molar-refractivity contribution in [1.82, 2.24) is 4.90 Å². The van der Waals surface area contributed by atoms with Crippen LogP contribution in [-0.2, 0) is 9.53 Å². The van der Waals surface area contributed by atoms with Crippen LogP contribution in [0.3, 0.4) is 0 Å². The van der Waals surface area contributed by atoms with Crippen LogP contribution in [0.4, 0.5) is 4.79 Å². The summed E-state index contributed by atoms with van der Waals surface area (Å²) in [5, 5.41) is 0. The molecule has 0 saturated carbocycles. The van der Waals surface area contributed by atoms with E-state index >= 15 is 0 Å². The Kier molecular flexibility index (Phi) is 2.90. The smallest absolute Gasteiger partial charge is 0.417 e. The minimum absolute atomic E-state index is 0.0243. The van der Waals surface area contributed by atoms with Gasteiger partial charge in [-0.15, -0.1) is 0 Å². The number of hydrogen-bond acceptors (Lipinski definition) is 4. The highest BCUT2D eigenvalue weighted by atomic mass is 32.2. The molecule has 5 heteroatoms. The van der Waals surface area contributed by atoms with Gasteiger partial charge in [-0.3, -0.25) is 4.79 Å². The number of imide groups is 1. The third-order valence-corrected chi connectivity index (χ3v) is 3.99. The van der Waals surface area contributed by atoms with Crippen LogP contribution in [0.2, 0.25) is 0 Å². The number of thioether (sulfide) groups is 1. The molecule has 2 saturated heterocycles. The number of carbonyl (C=O) groups excluding carboxylic acids is 2. The molecule has 2 aliphatic rings. The van der Waals surface area contributed by atoms with Crippen molar-refractivity contribution in [2.24, 2.45) is 5.92 Å². The predicted octanol–water partition coefficient (Wildman–Crippen LogP) is 1.89. The van der Waals surface area contributed by atoms with E-state index in [0.29, 0.717) is 0 Å².